The summed E-state index contributed by atoms with van der Waals surface area (Å²) in [6, 6.07) is 17.8. The zero-order valence-electron chi connectivity index (χ0n) is 22.7. The van der Waals surface area contributed by atoms with Gasteiger partial charge >= 0.3 is 6.09 Å². The van der Waals surface area contributed by atoms with Gasteiger partial charge in [0.05, 0.1) is 31.3 Å². The van der Waals surface area contributed by atoms with Crippen LogP contribution in [0.1, 0.15) is 43.4 Å². The van der Waals surface area contributed by atoms with E-state index >= 15 is 0 Å². The second-order valence-corrected chi connectivity index (χ2v) is 10.8. The number of nitrogens with zero attached hydrogens (tertiary/aromatic N) is 2. The third-order valence-corrected chi connectivity index (χ3v) is 8.28. The molecule has 0 bridgehead atoms. The van der Waals surface area contributed by atoms with E-state index in [0.717, 1.165) is 44.7 Å². The van der Waals surface area contributed by atoms with Crippen molar-refractivity contribution in [2.45, 2.75) is 45.6 Å². The largest absolute Gasteiger partial charge is 0.497 e. The Morgan fingerprint density at radius 2 is 1.67 bits per heavy atom. The molecule has 1 saturated carbocycles. The Morgan fingerprint density at radius 3 is 2.33 bits per heavy atom. The van der Waals surface area contributed by atoms with Crippen LogP contribution in [-0.2, 0) is 6.54 Å². The molecule has 5 rings (SSSR count). The molecule has 1 aliphatic rings. The molecule has 204 valence electrons. The van der Waals surface area contributed by atoms with Crippen molar-refractivity contribution in [1.82, 2.24) is 14.9 Å². The highest BCUT2D eigenvalue weighted by atomic mass is 32.1. The van der Waals surface area contributed by atoms with Crippen LogP contribution >= 0.6 is 11.3 Å². The molecule has 8 heteroatoms. The minimum absolute atomic E-state index is 0.408. The summed E-state index contributed by atoms with van der Waals surface area (Å²) in [4.78, 5) is 17.7. The summed E-state index contributed by atoms with van der Waals surface area (Å²) >= 11 is 1.58. The summed E-state index contributed by atoms with van der Waals surface area (Å²) in [5.74, 6) is 2.70. The molecular formula is C31H35N3O4S. The lowest BCUT2D eigenvalue weighted by atomic mass is 9.89. The van der Waals surface area contributed by atoms with Crippen molar-refractivity contribution >= 4 is 17.4 Å². The first-order valence-electron chi connectivity index (χ1n) is 13.4. The second-order valence-electron chi connectivity index (χ2n) is 9.95. The van der Waals surface area contributed by atoms with Gasteiger partial charge in [-0.15, -0.1) is 11.3 Å². The maximum Gasteiger partial charge on any atom is 0.412 e. The number of thiazole rings is 1. The highest BCUT2D eigenvalue weighted by molar-refractivity contribution is 7.13. The second kappa shape index (κ2) is 12.4. The minimum atomic E-state index is -0.408. The summed E-state index contributed by atoms with van der Waals surface area (Å²) in [5, 5.41) is 5.95. The number of aromatic nitrogens is 2. The van der Waals surface area contributed by atoms with Gasteiger partial charge in [-0.1, -0.05) is 31.4 Å². The van der Waals surface area contributed by atoms with Crippen LogP contribution in [0.15, 0.2) is 60.0 Å². The van der Waals surface area contributed by atoms with Gasteiger partial charge in [0.2, 0.25) is 0 Å². The van der Waals surface area contributed by atoms with Gasteiger partial charge in [-0.2, -0.15) is 0 Å². The molecule has 0 saturated heterocycles. The number of amides is 1. The molecule has 2 heterocycles. The first-order valence-corrected chi connectivity index (χ1v) is 14.3. The quantitative estimate of drug-likeness (QED) is 0.238. The molecule has 1 fully saturated rings. The van der Waals surface area contributed by atoms with Crippen LogP contribution in [0.2, 0.25) is 0 Å². The Bertz CT molecular complexity index is 1390. The standard InChI is InChI=1S/C31H35N3O4S/c1-21-29(38-31(35)32-18-22-7-5-4-6-8-22)17-28(34(21)19-23-9-13-25(36-2)14-10-23)27-20-39-30(33-27)24-11-15-26(37-3)16-12-24/h9-17,20,22H,4-8,18-19H2,1-3H3,(H,32,35). The maximum absolute atomic E-state index is 12.8. The fourth-order valence-electron chi connectivity index (χ4n) is 5.07. The van der Waals surface area contributed by atoms with Crippen molar-refractivity contribution in [3.63, 3.8) is 0 Å². The molecule has 0 unspecified atom stereocenters. The van der Waals surface area contributed by atoms with E-state index < -0.39 is 6.09 Å². The molecule has 0 spiro atoms. The third kappa shape index (κ3) is 6.45. The zero-order chi connectivity index (χ0) is 27.2. The smallest absolute Gasteiger partial charge is 0.412 e. The van der Waals surface area contributed by atoms with Crippen molar-refractivity contribution < 1.29 is 19.0 Å². The van der Waals surface area contributed by atoms with E-state index in [1.807, 2.05) is 66.9 Å². The van der Waals surface area contributed by atoms with E-state index in [-0.39, 0.29) is 0 Å². The topological polar surface area (TPSA) is 74.6 Å². The van der Waals surface area contributed by atoms with Crippen molar-refractivity contribution in [1.29, 1.82) is 0 Å². The highest BCUT2D eigenvalue weighted by Crippen LogP contribution is 2.35. The van der Waals surface area contributed by atoms with Gasteiger partial charge in [0.25, 0.3) is 0 Å². The van der Waals surface area contributed by atoms with Crippen LogP contribution in [0.5, 0.6) is 17.2 Å². The molecule has 0 aliphatic heterocycles. The van der Waals surface area contributed by atoms with Crippen molar-refractivity contribution in [2.24, 2.45) is 5.92 Å². The minimum Gasteiger partial charge on any atom is -0.497 e. The van der Waals surface area contributed by atoms with E-state index in [1.54, 1.807) is 25.6 Å². The summed E-state index contributed by atoms with van der Waals surface area (Å²) in [5.41, 5.74) is 4.73. The lowest BCUT2D eigenvalue weighted by molar-refractivity contribution is 0.196. The monoisotopic (exact) mass is 545 g/mol. The molecular weight excluding hydrogens is 510 g/mol. The third-order valence-electron chi connectivity index (χ3n) is 7.39. The summed E-state index contributed by atoms with van der Waals surface area (Å²) < 4.78 is 18.6. The Balaban J connectivity index is 1.40. The lowest BCUT2D eigenvalue weighted by Crippen LogP contribution is -2.32. The van der Waals surface area contributed by atoms with Gasteiger partial charge in [-0.25, -0.2) is 9.78 Å². The Labute approximate surface area is 233 Å². The van der Waals surface area contributed by atoms with Crippen molar-refractivity contribution in [3.8, 4) is 39.2 Å². The van der Waals surface area contributed by atoms with Gasteiger partial charge in [0.1, 0.15) is 16.5 Å². The molecule has 0 atom stereocenters. The number of carbonyl (C=O) groups is 1. The van der Waals surface area contributed by atoms with Crippen LogP contribution < -0.4 is 19.5 Å². The number of nitrogens with one attached hydrogen (secondary N) is 1. The normalized spacial score (nSPS) is 13.7. The first-order chi connectivity index (χ1) is 19.0. The van der Waals surface area contributed by atoms with Crippen LogP contribution in [0.3, 0.4) is 0 Å². The van der Waals surface area contributed by atoms with Gasteiger partial charge in [-0.05, 0) is 67.6 Å². The predicted octanol–water partition coefficient (Wildman–Crippen LogP) is 7.32. The van der Waals surface area contributed by atoms with Crippen LogP contribution in [0, 0.1) is 12.8 Å². The zero-order valence-corrected chi connectivity index (χ0v) is 23.6. The van der Waals surface area contributed by atoms with Crippen LogP contribution in [-0.4, -0.2) is 36.4 Å². The van der Waals surface area contributed by atoms with Gasteiger partial charge in [-0.3, -0.25) is 0 Å². The summed E-state index contributed by atoms with van der Waals surface area (Å²) in [6.07, 6.45) is 5.70. The average Bonchev–Trinajstić information content (AvgIpc) is 3.58. The molecule has 7 nitrogen and oxygen atoms in total. The molecule has 0 radical (unpaired) electrons. The average molecular weight is 546 g/mol. The molecule has 1 N–H and O–H groups in total. The lowest BCUT2D eigenvalue weighted by Gasteiger charge is -2.21. The van der Waals surface area contributed by atoms with E-state index in [1.165, 1.54) is 32.1 Å². The summed E-state index contributed by atoms with van der Waals surface area (Å²) in [7, 11) is 3.32. The fourth-order valence-corrected chi connectivity index (χ4v) is 5.89. The molecule has 2 aromatic carbocycles. The first kappa shape index (κ1) is 26.8. The molecule has 2 aromatic heterocycles. The maximum atomic E-state index is 12.8. The van der Waals surface area contributed by atoms with Gasteiger partial charge in [0.15, 0.2) is 5.75 Å². The Hall–Kier alpha value is -3.78. The number of benzene rings is 2. The SMILES string of the molecule is COc1ccc(Cn2c(-c3csc(-c4ccc(OC)cc4)n3)cc(OC(=O)NCC3CCCCC3)c2C)cc1. The molecule has 4 aromatic rings. The van der Waals surface area contributed by atoms with E-state index in [4.69, 9.17) is 19.2 Å². The number of methoxy groups -OCH3 is 2. The number of ether oxygens (including phenoxy) is 3. The van der Waals surface area contributed by atoms with Gasteiger partial charge < -0.3 is 24.1 Å². The highest BCUT2D eigenvalue weighted by Gasteiger charge is 2.21. The Kier molecular flexibility index (Phi) is 8.51. The number of hydrogen-bond acceptors (Lipinski definition) is 6. The van der Waals surface area contributed by atoms with Crippen molar-refractivity contribution in [3.05, 3.63) is 71.2 Å². The molecule has 39 heavy (non-hydrogen) atoms. The van der Waals surface area contributed by atoms with Crippen LogP contribution in [0.4, 0.5) is 4.79 Å². The van der Waals surface area contributed by atoms with E-state index in [2.05, 4.69) is 9.88 Å². The number of carbonyl (C=O) groups excluding carboxylic acids is 1. The van der Waals surface area contributed by atoms with Crippen molar-refractivity contribution in [2.75, 3.05) is 20.8 Å². The fraction of sp³-hybridized carbons (Fsp3) is 0.355. The number of hydrogen-bond donors (Lipinski definition) is 1. The van der Waals surface area contributed by atoms with Gasteiger partial charge in [0, 0.05) is 30.1 Å². The predicted molar refractivity (Wildman–Crippen MR) is 155 cm³/mol. The Morgan fingerprint density at radius 1 is 1.00 bits per heavy atom. The molecule has 1 amide bonds. The van der Waals surface area contributed by atoms with E-state index in [9.17, 15) is 4.79 Å². The van der Waals surface area contributed by atoms with Crippen LogP contribution in [0.25, 0.3) is 22.0 Å². The number of rotatable bonds is 9. The summed E-state index contributed by atoms with van der Waals surface area (Å²) in [6.45, 7) is 3.25. The molecule has 1 aliphatic carbocycles. The van der Waals surface area contributed by atoms with E-state index in [0.29, 0.717) is 24.8 Å².